The molecule has 0 saturated heterocycles. The SMILES string of the molecule is O=C(Nc1nc(O)cc(=O)[nH]1)c1ccccc1. The third-order valence-electron chi connectivity index (χ3n) is 2.00. The van der Waals surface area contributed by atoms with E-state index in [0.29, 0.717) is 5.56 Å². The molecule has 1 heterocycles. The summed E-state index contributed by atoms with van der Waals surface area (Å²) in [6.45, 7) is 0. The molecule has 0 saturated carbocycles. The van der Waals surface area contributed by atoms with Gasteiger partial charge in [0.25, 0.3) is 11.5 Å². The van der Waals surface area contributed by atoms with Crippen molar-refractivity contribution >= 4 is 11.9 Å². The Hall–Kier alpha value is -2.63. The number of anilines is 1. The molecule has 0 atom stereocenters. The third kappa shape index (κ3) is 2.69. The van der Waals surface area contributed by atoms with Crippen LogP contribution in [-0.2, 0) is 0 Å². The molecule has 0 bridgehead atoms. The molecule has 86 valence electrons. The lowest BCUT2D eigenvalue weighted by atomic mass is 10.2. The minimum absolute atomic E-state index is 0.0937. The molecule has 2 rings (SSSR count). The molecule has 1 amide bonds. The number of hydrogen-bond donors (Lipinski definition) is 3. The summed E-state index contributed by atoms with van der Waals surface area (Å²) in [5.41, 5.74) is -0.112. The molecule has 0 aliphatic carbocycles. The van der Waals surface area contributed by atoms with Gasteiger partial charge >= 0.3 is 0 Å². The Labute approximate surface area is 96.0 Å². The normalized spacial score (nSPS) is 9.88. The smallest absolute Gasteiger partial charge is 0.257 e. The highest BCUT2D eigenvalue weighted by molar-refractivity contribution is 6.03. The highest BCUT2D eigenvalue weighted by Gasteiger charge is 2.07. The number of amides is 1. The van der Waals surface area contributed by atoms with Crippen molar-refractivity contribution in [3.63, 3.8) is 0 Å². The van der Waals surface area contributed by atoms with Crippen molar-refractivity contribution in [3.05, 3.63) is 52.3 Å². The molecule has 0 aliphatic heterocycles. The van der Waals surface area contributed by atoms with Crippen molar-refractivity contribution < 1.29 is 9.90 Å². The van der Waals surface area contributed by atoms with E-state index in [0.717, 1.165) is 6.07 Å². The lowest BCUT2D eigenvalue weighted by Gasteiger charge is -2.03. The van der Waals surface area contributed by atoms with Crippen molar-refractivity contribution in [1.29, 1.82) is 0 Å². The predicted octanol–water partition coefficient (Wildman–Crippen LogP) is 0.728. The average molecular weight is 231 g/mol. The zero-order valence-corrected chi connectivity index (χ0v) is 8.68. The Morgan fingerprint density at radius 1 is 1.29 bits per heavy atom. The highest BCUT2D eigenvalue weighted by Crippen LogP contribution is 2.05. The third-order valence-corrected chi connectivity index (χ3v) is 2.00. The molecule has 6 nitrogen and oxygen atoms in total. The first-order valence-corrected chi connectivity index (χ1v) is 4.82. The van der Waals surface area contributed by atoms with Crippen LogP contribution in [0.15, 0.2) is 41.2 Å². The van der Waals surface area contributed by atoms with E-state index in [1.165, 1.54) is 0 Å². The maximum atomic E-state index is 11.7. The fourth-order valence-electron chi connectivity index (χ4n) is 1.27. The van der Waals surface area contributed by atoms with Gasteiger partial charge in [0.1, 0.15) is 0 Å². The largest absolute Gasteiger partial charge is 0.493 e. The number of nitrogens with one attached hydrogen (secondary N) is 2. The van der Waals surface area contributed by atoms with Gasteiger partial charge < -0.3 is 5.11 Å². The summed E-state index contributed by atoms with van der Waals surface area (Å²) in [6, 6.07) is 9.37. The molecule has 0 aliphatic rings. The van der Waals surface area contributed by atoms with Gasteiger partial charge in [-0.1, -0.05) is 18.2 Å². The Balaban J connectivity index is 2.22. The molecule has 1 aromatic heterocycles. The van der Waals surface area contributed by atoms with E-state index >= 15 is 0 Å². The van der Waals surface area contributed by atoms with Crippen LogP contribution in [0.4, 0.5) is 5.95 Å². The van der Waals surface area contributed by atoms with Crippen molar-refractivity contribution in [3.8, 4) is 5.88 Å². The molecule has 0 unspecified atom stereocenters. The first-order chi connectivity index (χ1) is 8.15. The number of carbonyl (C=O) groups is 1. The maximum Gasteiger partial charge on any atom is 0.257 e. The monoisotopic (exact) mass is 231 g/mol. The van der Waals surface area contributed by atoms with E-state index < -0.39 is 17.3 Å². The minimum Gasteiger partial charge on any atom is -0.493 e. The highest BCUT2D eigenvalue weighted by atomic mass is 16.3. The molecule has 2 aromatic rings. The van der Waals surface area contributed by atoms with Crippen LogP contribution >= 0.6 is 0 Å². The van der Waals surface area contributed by atoms with Crippen LogP contribution in [0.5, 0.6) is 5.88 Å². The molecule has 3 N–H and O–H groups in total. The molecule has 0 spiro atoms. The molecule has 0 radical (unpaired) electrons. The quantitative estimate of drug-likeness (QED) is 0.709. The van der Waals surface area contributed by atoms with Gasteiger partial charge in [0.2, 0.25) is 11.8 Å². The van der Waals surface area contributed by atoms with E-state index in [1.54, 1.807) is 30.3 Å². The minimum atomic E-state index is -0.541. The average Bonchev–Trinajstić information content (AvgIpc) is 2.28. The van der Waals surface area contributed by atoms with Gasteiger partial charge in [-0.2, -0.15) is 4.98 Å². The Morgan fingerprint density at radius 2 is 2.00 bits per heavy atom. The number of carbonyl (C=O) groups excluding carboxylic acids is 1. The summed E-state index contributed by atoms with van der Waals surface area (Å²) >= 11 is 0. The lowest BCUT2D eigenvalue weighted by molar-refractivity contribution is 0.102. The van der Waals surface area contributed by atoms with Crippen molar-refractivity contribution in [2.45, 2.75) is 0 Å². The van der Waals surface area contributed by atoms with Crippen molar-refractivity contribution in [2.75, 3.05) is 5.32 Å². The fourth-order valence-corrected chi connectivity index (χ4v) is 1.27. The molecule has 17 heavy (non-hydrogen) atoms. The lowest BCUT2D eigenvalue weighted by Crippen LogP contribution is -2.17. The van der Waals surface area contributed by atoms with Gasteiger partial charge in [0.15, 0.2) is 0 Å². The van der Waals surface area contributed by atoms with Crippen molar-refractivity contribution in [2.24, 2.45) is 0 Å². The Morgan fingerprint density at radius 3 is 2.65 bits per heavy atom. The van der Waals surface area contributed by atoms with Crippen LogP contribution in [0.1, 0.15) is 10.4 Å². The van der Waals surface area contributed by atoms with Gasteiger partial charge in [-0.25, -0.2) is 0 Å². The van der Waals surface area contributed by atoms with E-state index in [9.17, 15) is 9.59 Å². The standard InChI is InChI=1S/C11H9N3O3/c15-8-6-9(16)13-11(12-8)14-10(17)7-4-2-1-3-5-7/h1-6H,(H3,12,13,14,15,16,17). The summed E-state index contributed by atoms with van der Waals surface area (Å²) in [5, 5.41) is 11.5. The van der Waals surface area contributed by atoms with Gasteiger partial charge in [-0.05, 0) is 12.1 Å². The second kappa shape index (κ2) is 4.48. The summed E-state index contributed by atoms with van der Waals surface area (Å²) in [7, 11) is 0. The van der Waals surface area contributed by atoms with Crippen LogP contribution in [0, 0.1) is 0 Å². The second-order valence-electron chi connectivity index (χ2n) is 3.27. The van der Waals surface area contributed by atoms with Gasteiger partial charge in [-0.3, -0.25) is 19.9 Å². The maximum absolute atomic E-state index is 11.7. The van der Waals surface area contributed by atoms with Gasteiger partial charge in [-0.15, -0.1) is 0 Å². The van der Waals surface area contributed by atoms with E-state index in [-0.39, 0.29) is 5.95 Å². The molecular formula is C11H9N3O3. The van der Waals surface area contributed by atoms with Crippen LogP contribution in [0.2, 0.25) is 0 Å². The second-order valence-corrected chi connectivity index (χ2v) is 3.27. The van der Waals surface area contributed by atoms with E-state index in [4.69, 9.17) is 5.11 Å². The zero-order chi connectivity index (χ0) is 12.3. The first kappa shape index (κ1) is 10.9. The number of aromatic nitrogens is 2. The number of nitrogens with zero attached hydrogens (tertiary/aromatic N) is 1. The Kier molecular flexibility index (Phi) is 2.87. The topological polar surface area (TPSA) is 95.1 Å². The zero-order valence-electron chi connectivity index (χ0n) is 8.68. The summed E-state index contributed by atoms with van der Waals surface area (Å²) in [4.78, 5) is 28.6. The Bertz CT molecular complexity index is 592. The fraction of sp³-hybridized carbons (Fsp3) is 0. The number of hydrogen-bond acceptors (Lipinski definition) is 4. The van der Waals surface area contributed by atoms with Crippen LogP contribution in [-0.4, -0.2) is 21.0 Å². The van der Waals surface area contributed by atoms with Crippen LogP contribution < -0.4 is 10.9 Å². The molecule has 0 fully saturated rings. The number of H-pyrrole nitrogens is 1. The van der Waals surface area contributed by atoms with E-state index in [2.05, 4.69) is 15.3 Å². The molecular weight excluding hydrogens is 222 g/mol. The summed E-state index contributed by atoms with van der Waals surface area (Å²) in [5.74, 6) is -0.958. The predicted molar refractivity (Wildman–Crippen MR) is 60.9 cm³/mol. The number of rotatable bonds is 2. The first-order valence-electron chi connectivity index (χ1n) is 4.82. The van der Waals surface area contributed by atoms with Gasteiger partial charge in [0, 0.05) is 5.56 Å². The molecule has 6 heteroatoms. The number of aromatic hydroxyl groups is 1. The summed E-state index contributed by atoms with van der Waals surface area (Å²) < 4.78 is 0. The van der Waals surface area contributed by atoms with Crippen LogP contribution in [0.3, 0.4) is 0 Å². The van der Waals surface area contributed by atoms with Gasteiger partial charge in [0.05, 0.1) is 6.07 Å². The number of benzene rings is 1. The number of aromatic amines is 1. The van der Waals surface area contributed by atoms with Crippen LogP contribution in [0.25, 0.3) is 0 Å². The molecule has 1 aromatic carbocycles. The van der Waals surface area contributed by atoms with E-state index in [1.807, 2.05) is 0 Å². The summed E-state index contributed by atoms with van der Waals surface area (Å²) in [6.07, 6.45) is 0. The van der Waals surface area contributed by atoms with Crippen molar-refractivity contribution in [1.82, 2.24) is 9.97 Å².